The van der Waals surface area contributed by atoms with Crippen LogP contribution in [0.15, 0.2) is 42.5 Å². The third kappa shape index (κ3) is 4.23. The second-order valence-corrected chi connectivity index (χ2v) is 5.60. The van der Waals surface area contributed by atoms with Gasteiger partial charge < -0.3 is 10.1 Å². The van der Waals surface area contributed by atoms with E-state index >= 15 is 0 Å². The summed E-state index contributed by atoms with van der Waals surface area (Å²) in [6.45, 7) is 5.18. The minimum absolute atomic E-state index is 0.277. The summed E-state index contributed by atoms with van der Waals surface area (Å²) in [5, 5.41) is 4.35. The highest BCUT2D eigenvalue weighted by atomic mass is 35.5. The molecule has 0 aliphatic carbocycles. The number of ether oxygens (including phenoxy) is 1. The Labute approximate surface area is 132 Å². The quantitative estimate of drug-likeness (QED) is 0.845. The van der Waals surface area contributed by atoms with Gasteiger partial charge in [-0.05, 0) is 60.8 Å². The summed E-state index contributed by atoms with van der Waals surface area (Å²) in [4.78, 5) is 0. The SMILES string of the molecule is CCNC(Cc1cccc(Cl)c1)c1ccc(OC)cc1C. The largest absolute Gasteiger partial charge is 0.497 e. The van der Waals surface area contributed by atoms with Gasteiger partial charge in [0.05, 0.1) is 7.11 Å². The van der Waals surface area contributed by atoms with Crippen molar-refractivity contribution in [3.8, 4) is 5.75 Å². The van der Waals surface area contributed by atoms with Crippen LogP contribution in [-0.2, 0) is 6.42 Å². The Morgan fingerprint density at radius 2 is 2.00 bits per heavy atom. The van der Waals surface area contributed by atoms with Gasteiger partial charge in [0.15, 0.2) is 0 Å². The Morgan fingerprint density at radius 1 is 1.19 bits per heavy atom. The number of hydrogen-bond acceptors (Lipinski definition) is 2. The van der Waals surface area contributed by atoms with Crippen molar-refractivity contribution in [1.29, 1.82) is 0 Å². The van der Waals surface area contributed by atoms with Gasteiger partial charge >= 0.3 is 0 Å². The molecule has 3 heteroatoms. The Bertz CT molecular complexity index is 598. The van der Waals surface area contributed by atoms with Crippen molar-refractivity contribution >= 4 is 11.6 Å². The van der Waals surface area contributed by atoms with Gasteiger partial charge in [-0.3, -0.25) is 0 Å². The molecule has 1 N–H and O–H groups in total. The Hall–Kier alpha value is -1.51. The van der Waals surface area contributed by atoms with E-state index in [1.165, 1.54) is 16.7 Å². The highest BCUT2D eigenvalue weighted by molar-refractivity contribution is 6.30. The number of methoxy groups -OCH3 is 1. The van der Waals surface area contributed by atoms with Crippen LogP contribution in [-0.4, -0.2) is 13.7 Å². The number of nitrogens with one attached hydrogen (secondary N) is 1. The molecule has 21 heavy (non-hydrogen) atoms. The smallest absolute Gasteiger partial charge is 0.119 e. The van der Waals surface area contributed by atoms with E-state index in [9.17, 15) is 0 Å². The van der Waals surface area contributed by atoms with E-state index in [1.54, 1.807) is 7.11 Å². The molecule has 0 heterocycles. The normalized spacial score (nSPS) is 12.2. The maximum Gasteiger partial charge on any atom is 0.119 e. The number of hydrogen-bond donors (Lipinski definition) is 1. The average molecular weight is 304 g/mol. The first-order chi connectivity index (χ1) is 10.1. The van der Waals surface area contributed by atoms with Crippen LogP contribution in [0.3, 0.4) is 0 Å². The van der Waals surface area contributed by atoms with Crippen molar-refractivity contribution in [3.63, 3.8) is 0 Å². The van der Waals surface area contributed by atoms with Crippen LogP contribution in [0.5, 0.6) is 5.75 Å². The van der Waals surface area contributed by atoms with Gasteiger partial charge in [-0.1, -0.05) is 36.7 Å². The Kier molecular flexibility index (Phi) is 5.66. The van der Waals surface area contributed by atoms with Crippen LogP contribution in [0.2, 0.25) is 5.02 Å². The summed E-state index contributed by atoms with van der Waals surface area (Å²) in [7, 11) is 1.70. The highest BCUT2D eigenvalue weighted by Gasteiger charge is 2.14. The van der Waals surface area contributed by atoms with Crippen molar-refractivity contribution in [2.75, 3.05) is 13.7 Å². The number of benzene rings is 2. The lowest BCUT2D eigenvalue weighted by atomic mass is 9.95. The molecule has 1 unspecified atom stereocenters. The standard InChI is InChI=1S/C18H22ClNO/c1-4-20-18(12-14-6-5-7-15(19)11-14)17-9-8-16(21-3)10-13(17)2/h5-11,18,20H,4,12H2,1-3H3. The summed E-state index contributed by atoms with van der Waals surface area (Å²) >= 11 is 6.09. The first-order valence-corrected chi connectivity index (χ1v) is 7.64. The number of likely N-dealkylation sites (N-methyl/N-ethyl adjacent to an activating group) is 1. The molecule has 0 bridgehead atoms. The zero-order valence-electron chi connectivity index (χ0n) is 12.8. The molecule has 0 aliphatic heterocycles. The van der Waals surface area contributed by atoms with Gasteiger partial charge in [-0.15, -0.1) is 0 Å². The molecular formula is C18H22ClNO. The zero-order chi connectivity index (χ0) is 15.2. The maximum absolute atomic E-state index is 6.09. The molecule has 0 fully saturated rings. The minimum atomic E-state index is 0.277. The molecule has 0 spiro atoms. The third-order valence-electron chi connectivity index (χ3n) is 3.63. The molecule has 0 saturated heterocycles. The lowest BCUT2D eigenvalue weighted by Crippen LogP contribution is -2.23. The second kappa shape index (κ2) is 7.48. The Morgan fingerprint density at radius 3 is 2.62 bits per heavy atom. The van der Waals surface area contributed by atoms with E-state index in [0.717, 1.165) is 23.7 Å². The molecule has 0 amide bonds. The van der Waals surface area contributed by atoms with Crippen molar-refractivity contribution in [1.82, 2.24) is 5.32 Å². The van der Waals surface area contributed by atoms with Crippen molar-refractivity contribution in [2.24, 2.45) is 0 Å². The lowest BCUT2D eigenvalue weighted by Gasteiger charge is -2.21. The van der Waals surface area contributed by atoms with Crippen LogP contribution in [0.4, 0.5) is 0 Å². The Balaban J connectivity index is 2.26. The van der Waals surface area contributed by atoms with E-state index in [0.29, 0.717) is 0 Å². The molecule has 2 aromatic rings. The van der Waals surface area contributed by atoms with Crippen LogP contribution in [0, 0.1) is 6.92 Å². The number of rotatable bonds is 6. The molecule has 0 saturated carbocycles. The topological polar surface area (TPSA) is 21.3 Å². The van der Waals surface area contributed by atoms with Gasteiger partial charge in [-0.25, -0.2) is 0 Å². The van der Waals surface area contributed by atoms with E-state index in [-0.39, 0.29) is 6.04 Å². The molecule has 1 atom stereocenters. The van der Waals surface area contributed by atoms with Gasteiger partial charge in [0.25, 0.3) is 0 Å². The molecular weight excluding hydrogens is 282 g/mol. The van der Waals surface area contributed by atoms with Gasteiger partial charge in [-0.2, -0.15) is 0 Å². The molecule has 2 rings (SSSR count). The lowest BCUT2D eigenvalue weighted by molar-refractivity contribution is 0.414. The fourth-order valence-electron chi connectivity index (χ4n) is 2.60. The monoisotopic (exact) mass is 303 g/mol. The first-order valence-electron chi connectivity index (χ1n) is 7.26. The highest BCUT2D eigenvalue weighted by Crippen LogP contribution is 2.26. The minimum Gasteiger partial charge on any atom is -0.497 e. The van der Waals surface area contributed by atoms with E-state index in [1.807, 2.05) is 24.3 Å². The van der Waals surface area contributed by atoms with Crippen LogP contribution < -0.4 is 10.1 Å². The molecule has 2 nitrogen and oxygen atoms in total. The van der Waals surface area contributed by atoms with E-state index < -0.39 is 0 Å². The van der Waals surface area contributed by atoms with Gasteiger partial charge in [0.2, 0.25) is 0 Å². The van der Waals surface area contributed by atoms with Crippen LogP contribution >= 0.6 is 11.6 Å². The molecule has 0 radical (unpaired) electrons. The summed E-state index contributed by atoms with van der Waals surface area (Å²) in [6.07, 6.45) is 0.918. The molecule has 112 valence electrons. The predicted molar refractivity (Wildman–Crippen MR) is 89.3 cm³/mol. The summed E-state index contributed by atoms with van der Waals surface area (Å²) in [5.74, 6) is 0.897. The van der Waals surface area contributed by atoms with E-state index in [4.69, 9.17) is 16.3 Å². The van der Waals surface area contributed by atoms with Crippen molar-refractivity contribution < 1.29 is 4.74 Å². The van der Waals surface area contributed by atoms with E-state index in [2.05, 4.69) is 37.4 Å². The number of aryl methyl sites for hydroxylation is 1. The first kappa shape index (κ1) is 15.9. The number of halogens is 1. The van der Waals surface area contributed by atoms with Crippen molar-refractivity contribution in [2.45, 2.75) is 26.3 Å². The molecule has 0 aliphatic rings. The summed E-state index contributed by atoms with van der Waals surface area (Å²) in [6, 6.07) is 14.6. The summed E-state index contributed by atoms with van der Waals surface area (Å²) < 4.78 is 5.29. The fraction of sp³-hybridized carbons (Fsp3) is 0.333. The maximum atomic E-state index is 6.09. The average Bonchev–Trinajstić information content (AvgIpc) is 2.47. The second-order valence-electron chi connectivity index (χ2n) is 5.17. The molecule has 2 aromatic carbocycles. The third-order valence-corrected chi connectivity index (χ3v) is 3.87. The molecule has 0 aromatic heterocycles. The van der Waals surface area contributed by atoms with Gasteiger partial charge in [0.1, 0.15) is 5.75 Å². The van der Waals surface area contributed by atoms with Crippen molar-refractivity contribution in [3.05, 3.63) is 64.2 Å². The summed E-state index contributed by atoms with van der Waals surface area (Å²) in [5.41, 5.74) is 3.78. The van der Waals surface area contributed by atoms with Gasteiger partial charge in [0, 0.05) is 11.1 Å². The van der Waals surface area contributed by atoms with Crippen LogP contribution in [0.1, 0.15) is 29.7 Å². The zero-order valence-corrected chi connectivity index (χ0v) is 13.6. The van der Waals surface area contributed by atoms with Crippen LogP contribution in [0.25, 0.3) is 0 Å². The predicted octanol–water partition coefficient (Wildman–Crippen LogP) is 4.55. The fourth-order valence-corrected chi connectivity index (χ4v) is 2.82.